The van der Waals surface area contributed by atoms with Crippen LogP contribution in [0, 0.1) is 6.92 Å². The normalized spacial score (nSPS) is 12.2. The van der Waals surface area contributed by atoms with Crippen LogP contribution in [0.1, 0.15) is 28.2 Å². The summed E-state index contributed by atoms with van der Waals surface area (Å²) in [6.07, 6.45) is 0. The van der Waals surface area contributed by atoms with E-state index in [4.69, 9.17) is 0 Å². The highest BCUT2D eigenvalue weighted by atomic mass is 32.2. The summed E-state index contributed by atoms with van der Waals surface area (Å²) in [7, 11) is -5.71. The Morgan fingerprint density at radius 1 is 0.786 bits per heavy atom. The molecular formula is C21H17F3O3S. The molecule has 0 aliphatic carbocycles. The lowest BCUT2D eigenvalue weighted by Gasteiger charge is -2.20. The van der Waals surface area contributed by atoms with E-state index < -0.39 is 15.6 Å². The van der Waals surface area contributed by atoms with Gasteiger partial charge in [0, 0.05) is 5.92 Å². The molecule has 3 aromatic rings. The molecule has 0 bridgehead atoms. The molecule has 0 heterocycles. The van der Waals surface area contributed by atoms with Gasteiger partial charge in [0.05, 0.1) is 0 Å². The van der Waals surface area contributed by atoms with Crippen molar-refractivity contribution in [1.29, 1.82) is 0 Å². The summed E-state index contributed by atoms with van der Waals surface area (Å²) in [5.74, 6) is -0.504. The molecule has 7 heteroatoms. The molecule has 3 aromatic carbocycles. The first kappa shape index (κ1) is 19.9. The minimum Gasteiger partial charge on any atom is -0.376 e. The van der Waals surface area contributed by atoms with Gasteiger partial charge in [-0.25, -0.2) is 0 Å². The first-order valence-electron chi connectivity index (χ1n) is 8.40. The summed E-state index contributed by atoms with van der Waals surface area (Å²) in [6.45, 7) is 1.51. The van der Waals surface area contributed by atoms with Gasteiger partial charge in [-0.3, -0.25) is 0 Å². The van der Waals surface area contributed by atoms with E-state index in [1.165, 1.54) is 13.0 Å². The molecule has 3 rings (SSSR count). The van der Waals surface area contributed by atoms with Gasteiger partial charge in [0.1, 0.15) is 5.75 Å². The maximum Gasteiger partial charge on any atom is 0.534 e. The molecule has 28 heavy (non-hydrogen) atoms. The molecule has 0 N–H and O–H groups in total. The maximum atomic E-state index is 12.6. The number of hydrogen-bond acceptors (Lipinski definition) is 3. The monoisotopic (exact) mass is 406 g/mol. The smallest absolute Gasteiger partial charge is 0.376 e. The molecule has 0 atom stereocenters. The number of aryl methyl sites for hydroxylation is 1. The molecule has 146 valence electrons. The average molecular weight is 406 g/mol. The van der Waals surface area contributed by atoms with Crippen molar-refractivity contribution in [1.82, 2.24) is 0 Å². The number of benzene rings is 3. The average Bonchev–Trinajstić information content (AvgIpc) is 2.65. The van der Waals surface area contributed by atoms with Gasteiger partial charge < -0.3 is 4.18 Å². The molecule has 0 radical (unpaired) electrons. The van der Waals surface area contributed by atoms with Crippen molar-refractivity contribution in [3.63, 3.8) is 0 Å². The molecule has 0 aliphatic rings. The highest BCUT2D eigenvalue weighted by molar-refractivity contribution is 7.88. The third-order valence-corrected chi connectivity index (χ3v) is 5.25. The fourth-order valence-electron chi connectivity index (χ4n) is 2.98. The standard InChI is InChI=1S/C21H17F3O3S/c1-15-14-18(12-13-19(15)27-28(25,26)21(22,23)24)20(16-8-4-2-5-9-16)17-10-6-3-7-11-17/h2-14,20H,1H3. The second-order valence-corrected chi connectivity index (χ2v) is 7.80. The zero-order chi connectivity index (χ0) is 20.4. The van der Waals surface area contributed by atoms with E-state index in [1.807, 2.05) is 60.7 Å². The lowest BCUT2D eigenvalue weighted by molar-refractivity contribution is -0.0500. The summed E-state index contributed by atoms with van der Waals surface area (Å²) in [6, 6.07) is 23.8. The number of alkyl halides is 3. The number of rotatable bonds is 5. The van der Waals surface area contributed by atoms with Crippen LogP contribution in [0.4, 0.5) is 13.2 Å². The van der Waals surface area contributed by atoms with Crippen molar-refractivity contribution < 1.29 is 25.8 Å². The highest BCUT2D eigenvalue weighted by Gasteiger charge is 2.48. The Bertz CT molecular complexity index is 1010. The second-order valence-electron chi connectivity index (χ2n) is 6.26. The zero-order valence-corrected chi connectivity index (χ0v) is 15.7. The Kier molecular flexibility index (Phi) is 5.47. The number of hydrogen-bond donors (Lipinski definition) is 0. The van der Waals surface area contributed by atoms with Gasteiger partial charge in [-0.15, -0.1) is 0 Å². The van der Waals surface area contributed by atoms with E-state index >= 15 is 0 Å². The van der Waals surface area contributed by atoms with E-state index in [1.54, 1.807) is 12.1 Å². The van der Waals surface area contributed by atoms with Crippen molar-refractivity contribution in [2.75, 3.05) is 0 Å². The summed E-state index contributed by atoms with van der Waals surface area (Å²) in [5, 5.41) is 0. The van der Waals surface area contributed by atoms with Gasteiger partial charge in [-0.05, 0) is 35.2 Å². The molecule has 0 saturated heterocycles. The Morgan fingerprint density at radius 2 is 1.29 bits per heavy atom. The van der Waals surface area contributed by atoms with Crippen molar-refractivity contribution in [3.8, 4) is 5.75 Å². The first-order valence-corrected chi connectivity index (χ1v) is 9.81. The van der Waals surface area contributed by atoms with Crippen LogP contribution in [0.5, 0.6) is 5.75 Å². The fourth-order valence-corrected chi connectivity index (χ4v) is 3.50. The Hall–Kier alpha value is -2.80. The van der Waals surface area contributed by atoms with Crippen LogP contribution in [-0.4, -0.2) is 13.9 Å². The van der Waals surface area contributed by atoms with Crippen LogP contribution in [0.15, 0.2) is 78.9 Å². The molecule has 0 aromatic heterocycles. The lowest BCUT2D eigenvalue weighted by Crippen LogP contribution is -2.28. The van der Waals surface area contributed by atoms with Crippen LogP contribution < -0.4 is 4.18 Å². The van der Waals surface area contributed by atoms with Crippen LogP contribution in [0.2, 0.25) is 0 Å². The van der Waals surface area contributed by atoms with Gasteiger partial charge in [0.2, 0.25) is 0 Å². The Morgan fingerprint density at radius 3 is 1.71 bits per heavy atom. The van der Waals surface area contributed by atoms with Crippen LogP contribution >= 0.6 is 0 Å². The third kappa shape index (κ3) is 4.20. The topological polar surface area (TPSA) is 43.4 Å². The summed E-state index contributed by atoms with van der Waals surface area (Å²) < 4.78 is 64.6. The summed E-state index contributed by atoms with van der Waals surface area (Å²) >= 11 is 0. The second kappa shape index (κ2) is 7.67. The SMILES string of the molecule is Cc1cc(C(c2ccccc2)c2ccccc2)ccc1OS(=O)(=O)C(F)(F)F. The zero-order valence-electron chi connectivity index (χ0n) is 14.8. The molecular weight excluding hydrogens is 389 g/mol. The molecule has 0 unspecified atom stereocenters. The van der Waals surface area contributed by atoms with E-state index in [-0.39, 0.29) is 11.7 Å². The summed E-state index contributed by atoms with van der Waals surface area (Å²) in [4.78, 5) is 0. The molecule has 0 saturated carbocycles. The van der Waals surface area contributed by atoms with Gasteiger partial charge >= 0.3 is 15.6 Å². The predicted octanol–water partition coefficient (Wildman–Crippen LogP) is 5.40. The molecule has 0 fully saturated rings. The Labute approximate surface area is 161 Å². The van der Waals surface area contributed by atoms with Crippen molar-refractivity contribution in [3.05, 3.63) is 101 Å². The van der Waals surface area contributed by atoms with E-state index in [0.29, 0.717) is 5.56 Å². The van der Waals surface area contributed by atoms with E-state index in [0.717, 1.165) is 16.7 Å². The molecule has 0 spiro atoms. The Balaban J connectivity index is 2.03. The van der Waals surface area contributed by atoms with E-state index in [2.05, 4.69) is 4.18 Å². The van der Waals surface area contributed by atoms with E-state index in [9.17, 15) is 21.6 Å². The van der Waals surface area contributed by atoms with Crippen LogP contribution in [0.25, 0.3) is 0 Å². The fraction of sp³-hybridized carbons (Fsp3) is 0.143. The predicted molar refractivity (Wildman–Crippen MR) is 101 cm³/mol. The minimum absolute atomic E-state index is 0.158. The molecule has 0 amide bonds. The van der Waals surface area contributed by atoms with Gasteiger partial charge in [0.15, 0.2) is 0 Å². The maximum absolute atomic E-state index is 12.6. The summed E-state index contributed by atoms with van der Waals surface area (Å²) in [5.41, 5.74) is -2.36. The van der Waals surface area contributed by atoms with Crippen molar-refractivity contribution >= 4 is 10.1 Å². The number of halogens is 3. The molecule has 0 aliphatic heterocycles. The van der Waals surface area contributed by atoms with Gasteiger partial charge in [0.25, 0.3) is 0 Å². The highest BCUT2D eigenvalue weighted by Crippen LogP contribution is 2.35. The first-order chi connectivity index (χ1) is 13.2. The van der Waals surface area contributed by atoms with Crippen LogP contribution in [-0.2, 0) is 10.1 Å². The minimum atomic E-state index is -5.71. The third-order valence-electron chi connectivity index (χ3n) is 4.28. The van der Waals surface area contributed by atoms with Gasteiger partial charge in [-0.1, -0.05) is 72.8 Å². The van der Waals surface area contributed by atoms with Crippen molar-refractivity contribution in [2.24, 2.45) is 0 Å². The lowest BCUT2D eigenvalue weighted by atomic mass is 9.84. The quantitative estimate of drug-likeness (QED) is 0.324. The van der Waals surface area contributed by atoms with Crippen LogP contribution in [0.3, 0.4) is 0 Å². The van der Waals surface area contributed by atoms with Crippen molar-refractivity contribution in [2.45, 2.75) is 18.3 Å². The molecule has 3 nitrogen and oxygen atoms in total. The van der Waals surface area contributed by atoms with Gasteiger partial charge in [-0.2, -0.15) is 21.6 Å². The largest absolute Gasteiger partial charge is 0.534 e.